The Kier molecular flexibility index (Phi) is 4.39. The third kappa shape index (κ3) is 3.55. The second kappa shape index (κ2) is 6.31. The van der Waals surface area contributed by atoms with Gasteiger partial charge in [0.25, 0.3) is 0 Å². The van der Waals surface area contributed by atoms with Crippen molar-refractivity contribution < 1.29 is 4.79 Å². The topological polar surface area (TPSA) is 71.8 Å². The van der Waals surface area contributed by atoms with Gasteiger partial charge in [-0.1, -0.05) is 0 Å². The van der Waals surface area contributed by atoms with Gasteiger partial charge in [-0.05, 0) is 45.6 Å². The van der Waals surface area contributed by atoms with Crippen LogP contribution in [-0.4, -0.2) is 26.8 Å². The summed E-state index contributed by atoms with van der Waals surface area (Å²) in [5, 5.41) is 11.3. The maximum absolute atomic E-state index is 12.2. The molecule has 2 N–H and O–H groups in total. The fourth-order valence-corrected chi connectivity index (χ4v) is 3.59. The number of anilines is 1. The van der Waals surface area contributed by atoms with Crippen molar-refractivity contribution in [3.8, 4) is 0 Å². The predicted octanol–water partition coefficient (Wildman–Crippen LogP) is 3.12. The maximum Gasteiger partial charge on any atom is 0.320 e. The fourth-order valence-electron chi connectivity index (χ4n) is 2.83. The van der Waals surface area contributed by atoms with Gasteiger partial charge in [0.15, 0.2) is 0 Å². The zero-order valence-electron chi connectivity index (χ0n) is 14.0. The highest BCUT2D eigenvalue weighted by atomic mass is 32.1. The van der Waals surface area contributed by atoms with Gasteiger partial charge in [-0.2, -0.15) is 5.10 Å². The van der Waals surface area contributed by atoms with Gasteiger partial charge >= 0.3 is 6.03 Å². The number of rotatable bonds is 5. The van der Waals surface area contributed by atoms with Crippen LogP contribution in [-0.2, 0) is 13.5 Å². The highest BCUT2D eigenvalue weighted by Crippen LogP contribution is 2.43. The molecular formula is C16H23N5OS. The molecule has 1 atom stereocenters. The number of hydrogen-bond donors (Lipinski definition) is 2. The van der Waals surface area contributed by atoms with Crippen molar-refractivity contribution in [2.45, 2.75) is 52.0 Å². The molecule has 0 aliphatic heterocycles. The monoisotopic (exact) mass is 333 g/mol. The summed E-state index contributed by atoms with van der Waals surface area (Å²) in [7, 11) is 1.94. The number of aromatic nitrogens is 3. The number of urea groups is 1. The second-order valence-corrected chi connectivity index (χ2v) is 7.17. The molecule has 1 aliphatic rings. The minimum absolute atomic E-state index is 0.0360. The van der Waals surface area contributed by atoms with Crippen LogP contribution in [0.3, 0.4) is 0 Å². The molecule has 2 amide bonds. The number of carbonyl (C=O) groups is 1. The van der Waals surface area contributed by atoms with Crippen molar-refractivity contribution >= 4 is 22.4 Å². The Bertz CT molecular complexity index is 716. The van der Waals surface area contributed by atoms with E-state index in [0.717, 1.165) is 28.5 Å². The van der Waals surface area contributed by atoms with Gasteiger partial charge in [0.2, 0.25) is 0 Å². The van der Waals surface area contributed by atoms with Crippen LogP contribution in [0.1, 0.15) is 48.3 Å². The number of nitrogens with one attached hydrogen (secondary N) is 2. The number of carbonyl (C=O) groups excluding carboxylic acids is 1. The third-order valence-corrected chi connectivity index (χ3v) is 5.09. The van der Waals surface area contributed by atoms with Crippen molar-refractivity contribution in [1.29, 1.82) is 0 Å². The molecule has 2 heterocycles. The molecule has 0 aromatic carbocycles. The molecule has 2 aromatic rings. The van der Waals surface area contributed by atoms with Crippen LogP contribution in [0.25, 0.3) is 0 Å². The van der Waals surface area contributed by atoms with Gasteiger partial charge in [-0.3, -0.25) is 10.00 Å². The van der Waals surface area contributed by atoms with Gasteiger partial charge in [0.05, 0.1) is 16.9 Å². The first-order valence-corrected chi connectivity index (χ1v) is 8.83. The first kappa shape index (κ1) is 16.0. The number of hydrogen-bond acceptors (Lipinski definition) is 4. The van der Waals surface area contributed by atoms with E-state index in [1.54, 1.807) is 5.51 Å². The van der Waals surface area contributed by atoms with Crippen LogP contribution in [0, 0.1) is 13.8 Å². The van der Waals surface area contributed by atoms with Gasteiger partial charge < -0.3 is 5.32 Å². The van der Waals surface area contributed by atoms with Gasteiger partial charge in [0, 0.05) is 24.7 Å². The Morgan fingerprint density at radius 1 is 1.48 bits per heavy atom. The minimum atomic E-state index is -0.164. The van der Waals surface area contributed by atoms with Crippen LogP contribution in [0.15, 0.2) is 5.51 Å². The van der Waals surface area contributed by atoms with E-state index in [2.05, 4.69) is 27.6 Å². The standard InChI is InChI=1S/C16H23N5OS/c1-9(7-13-10(2)20-21(4)11(13)3)18-16(22)19-15-14(12-5-6-12)17-8-23-15/h8-9,12H,5-7H2,1-4H3,(H2,18,19,22)/t9-/m1/s1. The SMILES string of the molecule is Cc1nn(C)c(C)c1C[C@@H](C)NC(=O)Nc1scnc1C1CC1. The number of aryl methyl sites for hydroxylation is 2. The van der Waals surface area contributed by atoms with Crippen molar-refractivity contribution in [3.05, 3.63) is 28.2 Å². The first-order valence-electron chi connectivity index (χ1n) is 7.95. The molecule has 1 fully saturated rings. The average Bonchev–Trinajstić information content (AvgIpc) is 3.18. The van der Waals surface area contributed by atoms with Crippen LogP contribution in [0.4, 0.5) is 9.80 Å². The second-order valence-electron chi connectivity index (χ2n) is 6.32. The summed E-state index contributed by atoms with van der Waals surface area (Å²) in [5.74, 6) is 0.537. The Labute approximate surface area is 140 Å². The lowest BCUT2D eigenvalue weighted by atomic mass is 10.1. The normalized spacial score (nSPS) is 15.5. The molecule has 0 radical (unpaired) electrons. The molecule has 124 valence electrons. The van der Waals surface area contributed by atoms with Crippen LogP contribution in [0.5, 0.6) is 0 Å². The molecule has 0 unspecified atom stereocenters. The zero-order valence-corrected chi connectivity index (χ0v) is 14.8. The molecule has 2 aromatic heterocycles. The molecule has 6 nitrogen and oxygen atoms in total. The van der Waals surface area contributed by atoms with E-state index in [-0.39, 0.29) is 12.1 Å². The minimum Gasteiger partial charge on any atom is -0.335 e. The average molecular weight is 333 g/mol. The molecule has 0 bridgehead atoms. The summed E-state index contributed by atoms with van der Waals surface area (Å²) in [6, 6.07) is -0.128. The fraction of sp³-hybridized carbons (Fsp3) is 0.562. The lowest BCUT2D eigenvalue weighted by Gasteiger charge is -2.15. The van der Waals surface area contributed by atoms with E-state index in [0.29, 0.717) is 5.92 Å². The molecule has 7 heteroatoms. The highest BCUT2D eigenvalue weighted by molar-refractivity contribution is 7.14. The van der Waals surface area contributed by atoms with E-state index in [1.165, 1.54) is 29.7 Å². The predicted molar refractivity (Wildman–Crippen MR) is 92.1 cm³/mol. The quantitative estimate of drug-likeness (QED) is 0.883. The summed E-state index contributed by atoms with van der Waals surface area (Å²) in [6.45, 7) is 6.08. The molecule has 3 rings (SSSR count). The van der Waals surface area contributed by atoms with Crippen molar-refractivity contribution in [3.63, 3.8) is 0 Å². The maximum atomic E-state index is 12.2. The lowest BCUT2D eigenvalue weighted by molar-refractivity contribution is 0.249. The van der Waals surface area contributed by atoms with Crippen LogP contribution < -0.4 is 10.6 Å². The smallest absolute Gasteiger partial charge is 0.320 e. The molecule has 0 saturated heterocycles. The van der Waals surface area contributed by atoms with E-state index in [4.69, 9.17) is 0 Å². The number of thiazole rings is 1. The largest absolute Gasteiger partial charge is 0.335 e. The summed E-state index contributed by atoms with van der Waals surface area (Å²) in [4.78, 5) is 16.6. The first-order chi connectivity index (χ1) is 11.0. The van der Waals surface area contributed by atoms with Crippen molar-refractivity contribution in [2.24, 2.45) is 7.05 Å². The van der Waals surface area contributed by atoms with Gasteiger partial charge in [-0.15, -0.1) is 11.3 Å². The molecule has 0 spiro atoms. The van der Waals surface area contributed by atoms with E-state index >= 15 is 0 Å². The lowest BCUT2D eigenvalue weighted by Crippen LogP contribution is -2.37. The van der Waals surface area contributed by atoms with Crippen molar-refractivity contribution in [2.75, 3.05) is 5.32 Å². The number of amides is 2. The van der Waals surface area contributed by atoms with Crippen LogP contribution >= 0.6 is 11.3 Å². The highest BCUT2D eigenvalue weighted by Gasteiger charge is 2.29. The summed E-state index contributed by atoms with van der Waals surface area (Å²) in [6.07, 6.45) is 3.13. The summed E-state index contributed by atoms with van der Waals surface area (Å²) >= 11 is 1.49. The van der Waals surface area contributed by atoms with Crippen molar-refractivity contribution in [1.82, 2.24) is 20.1 Å². The van der Waals surface area contributed by atoms with E-state index in [1.807, 2.05) is 25.6 Å². The third-order valence-electron chi connectivity index (χ3n) is 4.33. The Morgan fingerprint density at radius 3 is 2.83 bits per heavy atom. The summed E-state index contributed by atoms with van der Waals surface area (Å²) in [5.41, 5.74) is 6.22. The molecule has 23 heavy (non-hydrogen) atoms. The van der Waals surface area contributed by atoms with Gasteiger partial charge in [-0.25, -0.2) is 9.78 Å². The number of nitrogens with zero attached hydrogens (tertiary/aromatic N) is 3. The zero-order chi connectivity index (χ0) is 16.6. The molecule has 1 saturated carbocycles. The Balaban J connectivity index is 1.58. The molecule has 1 aliphatic carbocycles. The molecular weight excluding hydrogens is 310 g/mol. The van der Waals surface area contributed by atoms with E-state index < -0.39 is 0 Å². The Hall–Kier alpha value is -1.89. The summed E-state index contributed by atoms with van der Waals surface area (Å²) < 4.78 is 1.89. The Morgan fingerprint density at radius 2 is 2.22 bits per heavy atom. The van der Waals surface area contributed by atoms with Crippen LogP contribution in [0.2, 0.25) is 0 Å². The van der Waals surface area contributed by atoms with E-state index in [9.17, 15) is 4.79 Å². The van der Waals surface area contributed by atoms with Gasteiger partial charge in [0.1, 0.15) is 5.00 Å².